The zero-order valence-corrected chi connectivity index (χ0v) is 19.8. The fourth-order valence-electron chi connectivity index (χ4n) is 4.72. The summed E-state index contributed by atoms with van der Waals surface area (Å²) in [7, 11) is 0. The zero-order chi connectivity index (χ0) is 24.2. The van der Waals surface area contributed by atoms with Gasteiger partial charge in [0.1, 0.15) is 6.33 Å². The Kier molecular flexibility index (Phi) is 4.62. The van der Waals surface area contributed by atoms with Gasteiger partial charge in [0.05, 0.1) is 28.4 Å². The van der Waals surface area contributed by atoms with Gasteiger partial charge >= 0.3 is 0 Å². The third-order valence-corrected chi connectivity index (χ3v) is 6.59. The Morgan fingerprint density at radius 2 is 1.75 bits per heavy atom. The van der Waals surface area contributed by atoms with Crippen LogP contribution in [0.5, 0.6) is 11.8 Å². The number of pyridine rings is 1. The molecule has 9 heteroatoms. The molecular weight excluding hydrogens is 474 g/mol. The van der Waals surface area contributed by atoms with Gasteiger partial charge in [-0.2, -0.15) is 5.10 Å². The molecule has 0 N–H and O–H groups in total. The number of rotatable bonds is 3. The summed E-state index contributed by atoms with van der Waals surface area (Å²) in [6.45, 7) is 1.99. The predicted molar refractivity (Wildman–Crippen MR) is 135 cm³/mol. The molecule has 0 spiro atoms. The highest BCUT2D eigenvalue weighted by molar-refractivity contribution is 6.30. The van der Waals surface area contributed by atoms with Gasteiger partial charge in [-0.25, -0.2) is 19.2 Å². The number of aryl methyl sites for hydroxylation is 1. The molecular formula is C27H18ClN7O. The quantitative estimate of drug-likeness (QED) is 0.319. The van der Waals surface area contributed by atoms with Crippen LogP contribution in [0.15, 0.2) is 85.5 Å². The lowest BCUT2D eigenvalue weighted by atomic mass is 9.85. The van der Waals surface area contributed by atoms with Gasteiger partial charge in [-0.15, -0.1) is 5.10 Å². The minimum absolute atomic E-state index is 0.242. The van der Waals surface area contributed by atoms with Gasteiger partial charge in [0.25, 0.3) is 0 Å². The fourth-order valence-corrected chi connectivity index (χ4v) is 4.85. The first-order valence-corrected chi connectivity index (χ1v) is 11.8. The lowest BCUT2D eigenvalue weighted by molar-refractivity contribution is 0.402. The van der Waals surface area contributed by atoms with Crippen molar-refractivity contribution in [3.63, 3.8) is 0 Å². The van der Waals surface area contributed by atoms with E-state index in [0.717, 1.165) is 33.6 Å². The SMILES string of the molecule is Cc1nn(-c2ccccc2)c2c1[C@@H](c1cccnc1)c1c(ncn3nc(-c4ccc(Cl)cc4)nc13)O2. The molecule has 174 valence electrons. The summed E-state index contributed by atoms with van der Waals surface area (Å²) in [5.74, 6) is 1.44. The molecule has 36 heavy (non-hydrogen) atoms. The van der Waals surface area contributed by atoms with E-state index in [1.54, 1.807) is 17.0 Å². The molecule has 1 aliphatic rings. The van der Waals surface area contributed by atoms with Gasteiger partial charge in [-0.3, -0.25) is 4.98 Å². The van der Waals surface area contributed by atoms with Crippen LogP contribution in [0.2, 0.25) is 5.02 Å². The summed E-state index contributed by atoms with van der Waals surface area (Å²) in [4.78, 5) is 14.0. The lowest BCUT2D eigenvalue weighted by Crippen LogP contribution is -2.16. The van der Waals surface area contributed by atoms with Gasteiger partial charge < -0.3 is 4.74 Å². The predicted octanol–water partition coefficient (Wildman–Crippen LogP) is 5.62. The smallest absolute Gasteiger partial charge is 0.230 e. The van der Waals surface area contributed by atoms with Crippen molar-refractivity contribution >= 4 is 17.2 Å². The first-order chi connectivity index (χ1) is 17.7. The molecule has 0 unspecified atom stereocenters. The maximum atomic E-state index is 6.44. The third kappa shape index (κ3) is 3.19. The molecule has 8 nitrogen and oxygen atoms in total. The Labute approximate surface area is 210 Å². The van der Waals surface area contributed by atoms with E-state index in [-0.39, 0.29) is 5.92 Å². The number of ether oxygens (including phenoxy) is 1. The van der Waals surface area contributed by atoms with Crippen LogP contribution in [0.3, 0.4) is 0 Å². The second-order valence-electron chi connectivity index (χ2n) is 8.55. The number of nitrogens with zero attached hydrogens (tertiary/aromatic N) is 7. The highest BCUT2D eigenvalue weighted by Gasteiger charge is 2.38. The molecule has 2 aromatic carbocycles. The molecule has 0 saturated heterocycles. The molecule has 7 rings (SSSR count). The van der Waals surface area contributed by atoms with E-state index in [1.165, 1.54) is 0 Å². The standard InChI is InChI=1S/C27H18ClN7O/c1-16-21-22(18-6-5-13-29-14-18)23-25-31-24(17-9-11-19(28)12-10-17)33-34(25)15-30-26(23)36-27(21)35(32-16)20-7-3-2-4-8-20/h2-15,22H,1H3/t22-/m1/s1. The maximum Gasteiger partial charge on any atom is 0.230 e. The van der Waals surface area contributed by atoms with Crippen LogP contribution in [0.1, 0.15) is 28.3 Å². The van der Waals surface area contributed by atoms with Gasteiger partial charge in [-0.1, -0.05) is 35.9 Å². The molecule has 0 aliphatic carbocycles. The van der Waals surface area contributed by atoms with Gasteiger partial charge in [-0.05, 0) is 55.0 Å². The Hall–Kier alpha value is -4.56. The average molecular weight is 492 g/mol. The van der Waals surface area contributed by atoms with E-state index in [2.05, 4.69) is 21.1 Å². The molecule has 0 bridgehead atoms. The Morgan fingerprint density at radius 3 is 2.53 bits per heavy atom. The summed E-state index contributed by atoms with van der Waals surface area (Å²) in [6, 6.07) is 21.4. The van der Waals surface area contributed by atoms with E-state index in [0.29, 0.717) is 28.3 Å². The second-order valence-corrected chi connectivity index (χ2v) is 8.98. The number of halogens is 1. The molecule has 1 atom stereocenters. The van der Waals surface area contributed by atoms with Crippen molar-refractivity contribution in [3.05, 3.63) is 113 Å². The number of benzene rings is 2. The molecule has 0 radical (unpaired) electrons. The highest BCUT2D eigenvalue weighted by Crippen LogP contribution is 2.49. The van der Waals surface area contributed by atoms with Crippen LogP contribution in [0.4, 0.5) is 0 Å². The number of hydrogen-bond acceptors (Lipinski definition) is 6. The lowest BCUT2D eigenvalue weighted by Gasteiger charge is -2.26. The summed E-state index contributed by atoms with van der Waals surface area (Å²) < 4.78 is 9.96. The van der Waals surface area contributed by atoms with Crippen LogP contribution >= 0.6 is 11.6 Å². The number of aromatic nitrogens is 7. The summed E-state index contributed by atoms with van der Waals surface area (Å²) in [5, 5.41) is 10.2. The molecule has 0 fully saturated rings. The number of fused-ring (bicyclic) bond motifs is 4. The first-order valence-electron chi connectivity index (χ1n) is 11.4. The van der Waals surface area contributed by atoms with Gasteiger partial charge in [0, 0.05) is 23.0 Å². The first kappa shape index (κ1) is 20.8. The number of hydrogen-bond donors (Lipinski definition) is 0. The van der Waals surface area contributed by atoms with Crippen LogP contribution in [-0.2, 0) is 0 Å². The summed E-state index contributed by atoms with van der Waals surface area (Å²) in [6.07, 6.45) is 5.25. The van der Waals surface area contributed by atoms with Crippen molar-refractivity contribution in [3.8, 4) is 28.8 Å². The van der Waals surface area contributed by atoms with Crippen LogP contribution in [0.25, 0.3) is 22.7 Å². The topological polar surface area (TPSA) is 83.0 Å². The zero-order valence-electron chi connectivity index (χ0n) is 19.1. The van der Waals surface area contributed by atoms with E-state index >= 15 is 0 Å². The van der Waals surface area contributed by atoms with Gasteiger partial charge in [0.15, 0.2) is 11.5 Å². The molecule has 0 amide bonds. The van der Waals surface area contributed by atoms with Crippen molar-refractivity contribution in [2.24, 2.45) is 0 Å². The second kappa shape index (κ2) is 8.00. The van der Waals surface area contributed by atoms with E-state index in [9.17, 15) is 0 Å². The Bertz CT molecular complexity index is 1730. The van der Waals surface area contributed by atoms with E-state index in [4.69, 9.17) is 26.4 Å². The normalized spacial score (nSPS) is 14.3. The molecule has 0 saturated carbocycles. The minimum atomic E-state index is -0.242. The average Bonchev–Trinajstić information content (AvgIpc) is 3.50. The van der Waals surface area contributed by atoms with E-state index in [1.807, 2.05) is 78.5 Å². The highest BCUT2D eigenvalue weighted by atomic mass is 35.5. The minimum Gasteiger partial charge on any atom is -0.420 e. The van der Waals surface area contributed by atoms with Crippen LogP contribution in [0, 0.1) is 6.92 Å². The van der Waals surface area contributed by atoms with Crippen molar-refractivity contribution in [2.45, 2.75) is 12.8 Å². The molecule has 1 aliphatic heterocycles. The maximum absolute atomic E-state index is 6.44. The summed E-state index contributed by atoms with van der Waals surface area (Å²) in [5.41, 5.74) is 6.05. The van der Waals surface area contributed by atoms with E-state index < -0.39 is 0 Å². The van der Waals surface area contributed by atoms with Crippen molar-refractivity contribution in [1.82, 2.24) is 34.3 Å². The van der Waals surface area contributed by atoms with Crippen molar-refractivity contribution < 1.29 is 4.74 Å². The Balaban J connectivity index is 1.48. The summed E-state index contributed by atoms with van der Waals surface area (Å²) >= 11 is 6.08. The Morgan fingerprint density at radius 1 is 0.917 bits per heavy atom. The third-order valence-electron chi connectivity index (χ3n) is 6.34. The number of para-hydroxylation sites is 1. The fraction of sp³-hybridized carbons (Fsp3) is 0.0741. The van der Waals surface area contributed by atoms with Crippen LogP contribution < -0.4 is 4.74 Å². The molecule has 4 aromatic heterocycles. The molecule has 5 heterocycles. The molecule has 6 aromatic rings. The monoisotopic (exact) mass is 491 g/mol. The largest absolute Gasteiger partial charge is 0.420 e. The van der Waals surface area contributed by atoms with Gasteiger partial charge in [0.2, 0.25) is 11.8 Å². The van der Waals surface area contributed by atoms with Crippen molar-refractivity contribution in [2.75, 3.05) is 0 Å². The van der Waals surface area contributed by atoms with Crippen molar-refractivity contribution in [1.29, 1.82) is 0 Å². The van der Waals surface area contributed by atoms with Crippen LogP contribution in [-0.4, -0.2) is 34.3 Å².